The third kappa shape index (κ3) is 3.63. The van der Waals surface area contributed by atoms with Gasteiger partial charge >= 0.3 is 0 Å². The van der Waals surface area contributed by atoms with E-state index >= 15 is 0 Å². The number of hydrogen-bond donors (Lipinski definition) is 0. The second-order valence-electron chi connectivity index (χ2n) is 7.16. The van der Waals surface area contributed by atoms with Crippen molar-refractivity contribution in [1.82, 2.24) is 0 Å². The normalized spacial score (nSPS) is 10.6. The van der Waals surface area contributed by atoms with E-state index in [0.29, 0.717) is 22.3 Å². The van der Waals surface area contributed by atoms with E-state index in [1.165, 1.54) is 0 Å². The maximum Gasteiger partial charge on any atom is 0.233 e. The Bertz CT molecular complexity index is 1500. The highest BCUT2D eigenvalue weighted by atomic mass is 16.3. The largest absolute Gasteiger partial charge is 0.456 e. The van der Waals surface area contributed by atoms with Crippen LogP contribution in [-0.4, -0.2) is 11.6 Å². The van der Waals surface area contributed by atoms with Gasteiger partial charge in [0.1, 0.15) is 11.2 Å². The fourth-order valence-electron chi connectivity index (χ4n) is 3.51. The number of carbonyl (C=O) groups is 2. The zero-order valence-corrected chi connectivity index (χ0v) is 16.5. The van der Waals surface area contributed by atoms with Gasteiger partial charge in [-0.15, -0.1) is 0 Å². The van der Waals surface area contributed by atoms with E-state index in [1.807, 2.05) is 54.6 Å². The number of carbonyl (C=O) groups excluding carboxylic acids is 2. The van der Waals surface area contributed by atoms with Crippen LogP contribution in [0.15, 0.2) is 101 Å². The maximum absolute atomic E-state index is 12.8. The average molecular weight is 400 g/mol. The Balaban J connectivity index is 1.54. The zero-order valence-electron chi connectivity index (χ0n) is 16.5. The van der Waals surface area contributed by atoms with Crippen molar-refractivity contribution in [3.8, 4) is 11.8 Å². The minimum atomic E-state index is -0.539. The number of Topliss-reactive ketones (excluding diaryl/α,β-unsaturated/α-hetero) is 2. The Morgan fingerprint density at radius 1 is 0.548 bits per heavy atom. The molecule has 4 aromatic carbocycles. The standard InChI is InChI=1S/C28H16O3/c29-27(21-9-5-2-6-10-21)28(30)22-14-16-26-24(18-22)23-17-20(13-15-25(23)31-26)12-11-19-7-3-1-4-8-19/h1-10,13-18H. The van der Waals surface area contributed by atoms with E-state index in [0.717, 1.165) is 21.9 Å². The molecule has 0 unspecified atom stereocenters. The molecule has 146 valence electrons. The molecule has 0 saturated heterocycles. The van der Waals surface area contributed by atoms with Gasteiger partial charge < -0.3 is 4.42 Å². The summed E-state index contributed by atoms with van der Waals surface area (Å²) >= 11 is 0. The summed E-state index contributed by atoms with van der Waals surface area (Å²) in [7, 11) is 0. The van der Waals surface area contributed by atoms with Crippen LogP contribution >= 0.6 is 0 Å². The Labute approximate surface area is 178 Å². The molecule has 0 aliphatic rings. The molecule has 1 heterocycles. The summed E-state index contributed by atoms with van der Waals surface area (Å²) in [6, 6.07) is 29.2. The van der Waals surface area contributed by atoms with Crippen LogP contribution in [0.5, 0.6) is 0 Å². The van der Waals surface area contributed by atoms with Crippen molar-refractivity contribution in [3.63, 3.8) is 0 Å². The molecule has 0 radical (unpaired) electrons. The van der Waals surface area contributed by atoms with E-state index < -0.39 is 11.6 Å². The molecule has 0 atom stereocenters. The first kappa shape index (κ1) is 18.6. The van der Waals surface area contributed by atoms with E-state index in [1.54, 1.807) is 42.5 Å². The van der Waals surface area contributed by atoms with Gasteiger partial charge in [0.2, 0.25) is 11.6 Å². The van der Waals surface area contributed by atoms with Crippen LogP contribution in [-0.2, 0) is 0 Å². The molecule has 5 aromatic rings. The van der Waals surface area contributed by atoms with Gasteiger partial charge in [0.15, 0.2) is 0 Å². The van der Waals surface area contributed by atoms with Crippen molar-refractivity contribution in [2.45, 2.75) is 0 Å². The first-order valence-electron chi connectivity index (χ1n) is 9.86. The van der Waals surface area contributed by atoms with Crippen LogP contribution < -0.4 is 0 Å². The topological polar surface area (TPSA) is 47.3 Å². The van der Waals surface area contributed by atoms with Crippen molar-refractivity contribution in [1.29, 1.82) is 0 Å². The van der Waals surface area contributed by atoms with Crippen LogP contribution in [0.1, 0.15) is 31.8 Å². The minimum Gasteiger partial charge on any atom is -0.456 e. The summed E-state index contributed by atoms with van der Waals surface area (Å²) in [6.07, 6.45) is 0. The Morgan fingerprint density at radius 2 is 1.13 bits per heavy atom. The van der Waals surface area contributed by atoms with E-state index in [2.05, 4.69) is 11.8 Å². The van der Waals surface area contributed by atoms with Crippen molar-refractivity contribution >= 4 is 33.5 Å². The molecule has 0 spiro atoms. The van der Waals surface area contributed by atoms with Gasteiger partial charge in [-0.1, -0.05) is 60.4 Å². The maximum atomic E-state index is 12.8. The van der Waals surface area contributed by atoms with Crippen molar-refractivity contribution in [2.75, 3.05) is 0 Å². The lowest BCUT2D eigenvalue weighted by atomic mass is 9.99. The third-order valence-corrected chi connectivity index (χ3v) is 5.10. The van der Waals surface area contributed by atoms with E-state index in [-0.39, 0.29) is 0 Å². The first-order chi connectivity index (χ1) is 15.2. The fourth-order valence-corrected chi connectivity index (χ4v) is 3.51. The van der Waals surface area contributed by atoms with Crippen molar-refractivity contribution in [3.05, 3.63) is 119 Å². The van der Waals surface area contributed by atoms with Crippen LogP contribution in [0.4, 0.5) is 0 Å². The Morgan fingerprint density at radius 3 is 1.87 bits per heavy atom. The number of rotatable bonds is 3. The molecule has 31 heavy (non-hydrogen) atoms. The summed E-state index contributed by atoms with van der Waals surface area (Å²) in [6.45, 7) is 0. The quantitative estimate of drug-likeness (QED) is 0.210. The van der Waals surface area contributed by atoms with Gasteiger partial charge in [-0.3, -0.25) is 9.59 Å². The zero-order chi connectivity index (χ0) is 21.2. The molecule has 0 amide bonds. The van der Waals surface area contributed by atoms with Gasteiger partial charge in [-0.05, 0) is 48.5 Å². The Hall–Kier alpha value is -4.42. The minimum absolute atomic E-state index is 0.338. The summed E-state index contributed by atoms with van der Waals surface area (Å²) in [5.41, 5.74) is 3.86. The van der Waals surface area contributed by atoms with Crippen LogP contribution in [0.3, 0.4) is 0 Å². The van der Waals surface area contributed by atoms with Crippen molar-refractivity contribution in [2.24, 2.45) is 0 Å². The van der Waals surface area contributed by atoms with E-state index in [9.17, 15) is 9.59 Å². The number of furan rings is 1. The number of hydrogen-bond acceptors (Lipinski definition) is 3. The van der Waals surface area contributed by atoms with E-state index in [4.69, 9.17) is 4.42 Å². The van der Waals surface area contributed by atoms with Gasteiger partial charge in [-0.2, -0.15) is 0 Å². The summed E-state index contributed by atoms with van der Waals surface area (Å²) in [5, 5.41) is 1.64. The average Bonchev–Trinajstić information content (AvgIpc) is 3.20. The third-order valence-electron chi connectivity index (χ3n) is 5.10. The molecular weight excluding hydrogens is 384 g/mol. The highest BCUT2D eigenvalue weighted by Gasteiger charge is 2.19. The summed E-state index contributed by atoms with van der Waals surface area (Å²) < 4.78 is 5.91. The molecule has 0 aliphatic heterocycles. The van der Waals surface area contributed by atoms with Crippen LogP contribution in [0.25, 0.3) is 21.9 Å². The number of ketones is 2. The molecule has 1 aromatic heterocycles. The lowest BCUT2D eigenvalue weighted by Gasteiger charge is -2.01. The molecule has 3 heteroatoms. The molecule has 0 fully saturated rings. The lowest BCUT2D eigenvalue weighted by molar-refractivity contribution is 0.0817. The molecule has 0 N–H and O–H groups in total. The predicted octanol–water partition coefficient (Wildman–Crippen LogP) is 6.05. The molecule has 0 saturated carbocycles. The lowest BCUT2D eigenvalue weighted by Crippen LogP contribution is -2.14. The van der Waals surface area contributed by atoms with Gasteiger partial charge in [0.05, 0.1) is 0 Å². The molecule has 3 nitrogen and oxygen atoms in total. The highest BCUT2D eigenvalue weighted by molar-refractivity contribution is 6.49. The monoisotopic (exact) mass is 400 g/mol. The van der Waals surface area contributed by atoms with Crippen LogP contribution in [0.2, 0.25) is 0 Å². The molecule has 0 bridgehead atoms. The van der Waals surface area contributed by atoms with Gasteiger partial charge in [-0.25, -0.2) is 0 Å². The summed E-state index contributed by atoms with van der Waals surface area (Å²) in [4.78, 5) is 25.3. The van der Waals surface area contributed by atoms with Crippen LogP contribution in [0, 0.1) is 11.8 Å². The Kier molecular flexibility index (Phi) is 4.67. The SMILES string of the molecule is O=C(C(=O)c1ccc2oc3ccc(C#Cc4ccccc4)cc3c2c1)c1ccccc1. The fraction of sp³-hybridized carbons (Fsp3) is 0. The first-order valence-corrected chi connectivity index (χ1v) is 9.86. The van der Waals surface area contributed by atoms with Crippen molar-refractivity contribution < 1.29 is 14.0 Å². The molecular formula is C28H16O3. The second kappa shape index (κ2) is 7.78. The molecule has 0 aliphatic carbocycles. The van der Waals surface area contributed by atoms with Gasteiger partial charge in [0, 0.05) is 33.0 Å². The second-order valence-corrected chi connectivity index (χ2v) is 7.16. The number of benzene rings is 4. The molecule has 5 rings (SSSR count). The van der Waals surface area contributed by atoms with Gasteiger partial charge in [0.25, 0.3) is 0 Å². The summed E-state index contributed by atoms with van der Waals surface area (Å²) in [5.74, 6) is 5.26. The predicted molar refractivity (Wildman–Crippen MR) is 121 cm³/mol. The highest BCUT2D eigenvalue weighted by Crippen LogP contribution is 2.30. The number of fused-ring (bicyclic) bond motifs is 3. The smallest absolute Gasteiger partial charge is 0.233 e.